The number of carbonyl (C=O) groups excluding carboxylic acids is 2. The van der Waals surface area contributed by atoms with Crippen LogP contribution in [0.5, 0.6) is 0 Å². The van der Waals surface area contributed by atoms with Gasteiger partial charge < -0.3 is 21.1 Å². The largest absolute Gasteiger partial charge is 0.397 e. The molecule has 0 aliphatic carbocycles. The molecular formula is C24H31ClN4O3. The summed E-state index contributed by atoms with van der Waals surface area (Å²) in [6, 6.07) is 8.01. The highest BCUT2D eigenvalue weighted by molar-refractivity contribution is 6.30. The summed E-state index contributed by atoms with van der Waals surface area (Å²) in [4.78, 5) is 31.8. The third kappa shape index (κ3) is 4.74. The SMILES string of the molecule is CC(C)[C@@H](NC(=O)c1cncc(N)c1)C(=O)N1CC[C@](O)(c2ccc(Cl)cc2)C(C)(C)C1. The summed E-state index contributed by atoms with van der Waals surface area (Å²) >= 11 is 6.01. The molecule has 2 heterocycles. The molecule has 1 aromatic carbocycles. The van der Waals surface area contributed by atoms with Crippen LogP contribution in [0.4, 0.5) is 5.69 Å². The molecule has 1 saturated heterocycles. The zero-order chi connectivity index (χ0) is 23.7. The van der Waals surface area contributed by atoms with Gasteiger partial charge in [-0.15, -0.1) is 0 Å². The summed E-state index contributed by atoms with van der Waals surface area (Å²) in [6.07, 6.45) is 3.26. The van der Waals surface area contributed by atoms with Crippen molar-refractivity contribution in [2.45, 2.75) is 45.8 Å². The van der Waals surface area contributed by atoms with Crippen molar-refractivity contribution >= 4 is 29.1 Å². The van der Waals surface area contributed by atoms with E-state index >= 15 is 0 Å². The Kier molecular flexibility index (Phi) is 6.81. The number of nitrogens with two attached hydrogens (primary N) is 1. The number of pyridine rings is 1. The molecule has 0 radical (unpaired) electrons. The smallest absolute Gasteiger partial charge is 0.253 e. The molecule has 0 spiro atoms. The number of amides is 2. The van der Waals surface area contributed by atoms with Gasteiger partial charge in [0.2, 0.25) is 5.91 Å². The number of hydrogen-bond acceptors (Lipinski definition) is 5. The Morgan fingerprint density at radius 1 is 1.22 bits per heavy atom. The Morgan fingerprint density at radius 2 is 1.88 bits per heavy atom. The van der Waals surface area contributed by atoms with E-state index in [1.54, 1.807) is 17.0 Å². The van der Waals surface area contributed by atoms with E-state index in [2.05, 4.69) is 10.3 Å². The van der Waals surface area contributed by atoms with Crippen molar-refractivity contribution in [2.24, 2.45) is 11.3 Å². The lowest BCUT2D eigenvalue weighted by Gasteiger charge is -2.51. The first-order valence-electron chi connectivity index (χ1n) is 10.7. The van der Waals surface area contributed by atoms with Gasteiger partial charge in [0.15, 0.2) is 0 Å². The zero-order valence-corrected chi connectivity index (χ0v) is 19.7. The van der Waals surface area contributed by atoms with Crippen LogP contribution in [0.3, 0.4) is 0 Å². The molecule has 2 atom stereocenters. The van der Waals surface area contributed by atoms with Gasteiger partial charge in [-0.05, 0) is 36.1 Å². The minimum absolute atomic E-state index is 0.124. The number of piperidine rings is 1. The lowest BCUT2D eigenvalue weighted by Crippen LogP contribution is -2.60. The van der Waals surface area contributed by atoms with Crippen LogP contribution in [0, 0.1) is 11.3 Å². The van der Waals surface area contributed by atoms with Gasteiger partial charge in [0.05, 0.1) is 16.9 Å². The molecule has 0 unspecified atom stereocenters. The maximum atomic E-state index is 13.4. The number of likely N-dealkylation sites (tertiary alicyclic amines) is 1. The number of benzene rings is 1. The minimum Gasteiger partial charge on any atom is -0.397 e. The highest BCUT2D eigenvalue weighted by Gasteiger charge is 2.50. The molecule has 2 amide bonds. The normalized spacial score (nSPS) is 21.3. The van der Waals surface area contributed by atoms with Crippen LogP contribution in [0.15, 0.2) is 42.7 Å². The van der Waals surface area contributed by atoms with Gasteiger partial charge in [-0.25, -0.2) is 0 Å². The standard InChI is InChI=1S/C24H31ClN4O3/c1-15(2)20(28-21(30)16-11-19(26)13-27-12-16)22(31)29-10-9-24(32,23(3,4)14-29)17-5-7-18(25)8-6-17/h5-8,11-13,15,20,32H,9-10,14,26H2,1-4H3,(H,28,30)/t20-,24+/m1/s1. The van der Waals surface area contributed by atoms with E-state index in [0.29, 0.717) is 35.8 Å². The van der Waals surface area contributed by atoms with Gasteiger partial charge in [0.1, 0.15) is 6.04 Å². The Hall–Kier alpha value is -2.64. The quantitative estimate of drug-likeness (QED) is 0.637. The highest BCUT2D eigenvalue weighted by atomic mass is 35.5. The fourth-order valence-corrected chi connectivity index (χ4v) is 4.41. The summed E-state index contributed by atoms with van der Waals surface area (Å²) in [5.41, 5.74) is 5.48. The van der Waals surface area contributed by atoms with Gasteiger partial charge >= 0.3 is 0 Å². The number of rotatable bonds is 5. The van der Waals surface area contributed by atoms with E-state index in [9.17, 15) is 14.7 Å². The van der Waals surface area contributed by atoms with Gasteiger partial charge in [0.25, 0.3) is 5.91 Å². The van der Waals surface area contributed by atoms with E-state index < -0.39 is 23.0 Å². The fourth-order valence-electron chi connectivity index (χ4n) is 4.29. The molecule has 4 N–H and O–H groups in total. The van der Waals surface area contributed by atoms with Crippen molar-refractivity contribution < 1.29 is 14.7 Å². The van der Waals surface area contributed by atoms with Crippen molar-refractivity contribution in [3.05, 3.63) is 58.9 Å². The number of nitrogens with one attached hydrogen (secondary N) is 1. The predicted molar refractivity (Wildman–Crippen MR) is 125 cm³/mol. The Morgan fingerprint density at radius 3 is 2.44 bits per heavy atom. The van der Waals surface area contributed by atoms with Gasteiger partial charge in [-0.2, -0.15) is 0 Å². The number of anilines is 1. The maximum Gasteiger partial charge on any atom is 0.253 e. The lowest BCUT2D eigenvalue weighted by molar-refractivity contribution is -0.155. The number of nitrogens with zero attached hydrogens (tertiary/aromatic N) is 2. The molecule has 7 nitrogen and oxygen atoms in total. The van der Waals surface area contributed by atoms with E-state index in [1.165, 1.54) is 18.5 Å². The lowest BCUT2D eigenvalue weighted by atomic mass is 9.66. The molecule has 1 aromatic heterocycles. The van der Waals surface area contributed by atoms with Crippen molar-refractivity contribution in [3.63, 3.8) is 0 Å². The third-order valence-corrected chi connectivity index (χ3v) is 6.58. The van der Waals surface area contributed by atoms with Gasteiger partial charge in [-0.3, -0.25) is 14.6 Å². The second-order valence-corrected chi connectivity index (χ2v) is 9.90. The molecule has 3 rings (SSSR count). The van der Waals surface area contributed by atoms with Crippen LogP contribution in [-0.4, -0.2) is 45.9 Å². The van der Waals surface area contributed by atoms with Crippen molar-refractivity contribution in [2.75, 3.05) is 18.8 Å². The molecule has 1 aliphatic rings. The number of carbonyl (C=O) groups is 2. The number of aliphatic hydroxyl groups is 1. The zero-order valence-electron chi connectivity index (χ0n) is 18.9. The second-order valence-electron chi connectivity index (χ2n) is 9.46. The number of halogens is 1. The molecule has 1 aliphatic heterocycles. The molecule has 172 valence electrons. The van der Waals surface area contributed by atoms with E-state index in [4.69, 9.17) is 17.3 Å². The molecular weight excluding hydrogens is 428 g/mol. The first-order valence-corrected chi connectivity index (χ1v) is 11.1. The molecule has 1 fully saturated rings. The monoisotopic (exact) mass is 458 g/mol. The van der Waals surface area contributed by atoms with Gasteiger partial charge in [0, 0.05) is 35.9 Å². The van der Waals surface area contributed by atoms with Crippen LogP contribution in [-0.2, 0) is 10.4 Å². The molecule has 2 aromatic rings. The number of nitrogen functional groups attached to an aromatic ring is 1. The fraction of sp³-hybridized carbons (Fsp3) is 0.458. The number of hydrogen-bond donors (Lipinski definition) is 3. The van der Waals surface area contributed by atoms with Crippen LogP contribution in [0.25, 0.3) is 0 Å². The predicted octanol–water partition coefficient (Wildman–Crippen LogP) is 3.22. The van der Waals surface area contributed by atoms with E-state index in [1.807, 2.05) is 39.8 Å². The average molecular weight is 459 g/mol. The summed E-state index contributed by atoms with van der Waals surface area (Å²) in [7, 11) is 0. The molecule has 0 bridgehead atoms. The summed E-state index contributed by atoms with van der Waals surface area (Å²) < 4.78 is 0. The van der Waals surface area contributed by atoms with Crippen LogP contribution in [0.2, 0.25) is 5.02 Å². The number of aromatic nitrogens is 1. The van der Waals surface area contributed by atoms with Crippen LogP contribution >= 0.6 is 11.6 Å². The Bertz CT molecular complexity index is 993. The van der Waals surface area contributed by atoms with E-state index in [0.717, 1.165) is 5.56 Å². The van der Waals surface area contributed by atoms with Crippen LogP contribution < -0.4 is 11.1 Å². The first-order chi connectivity index (χ1) is 14.9. The Balaban J connectivity index is 1.77. The first kappa shape index (κ1) is 24.0. The maximum absolute atomic E-state index is 13.4. The van der Waals surface area contributed by atoms with E-state index in [-0.39, 0.29) is 11.8 Å². The van der Waals surface area contributed by atoms with Gasteiger partial charge in [-0.1, -0.05) is 51.4 Å². The minimum atomic E-state index is -1.10. The molecule has 8 heteroatoms. The summed E-state index contributed by atoms with van der Waals surface area (Å²) in [5, 5.41) is 15.0. The molecule has 32 heavy (non-hydrogen) atoms. The second kappa shape index (κ2) is 9.08. The Labute approximate surface area is 194 Å². The van der Waals surface area contributed by atoms with Crippen molar-refractivity contribution in [1.82, 2.24) is 15.2 Å². The summed E-state index contributed by atoms with van der Waals surface area (Å²) in [6.45, 7) is 8.40. The third-order valence-electron chi connectivity index (χ3n) is 6.32. The van der Waals surface area contributed by atoms with Crippen LogP contribution in [0.1, 0.15) is 50.0 Å². The summed E-state index contributed by atoms with van der Waals surface area (Å²) in [5.74, 6) is -0.692. The average Bonchev–Trinajstić information content (AvgIpc) is 2.73. The van der Waals surface area contributed by atoms with Crippen molar-refractivity contribution in [1.29, 1.82) is 0 Å². The molecule has 0 saturated carbocycles. The topological polar surface area (TPSA) is 109 Å². The van der Waals surface area contributed by atoms with Crippen molar-refractivity contribution in [3.8, 4) is 0 Å². The highest BCUT2D eigenvalue weighted by Crippen LogP contribution is 2.46.